The third-order valence-electron chi connectivity index (χ3n) is 3.79. The van der Waals surface area contributed by atoms with Gasteiger partial charge in [0.2, 0.25) is 0 Å². The van der Waals surface area contributed by atoms with Crippen molar-refractivity contribution in [1.82, 2.24) is 5.32 Å². The minimum Gasteiger partial charge on any atom is -0.377 e. The zero-order chi connectivity index (χ0) is 13.9. The zero-order valence-electron chi connectivity index (χ0n) is 11.4. The predicted molar refractivity (Wildman–Crippen MR) is 80.9 cm³/mol. The number of carbonyl (C=O) groups excluding carboxylic acids is 1. The molecular formula is C18H17NO. The second kappa shape index (κ2) is 5.33. The van der Waals surface area contributed by atoms with E-state index in [2.05, 4.69) is 17.4 Å². The van der Waals surface area contributed by atoms with Crippen LogP contribution in [0.4, 0.5) is 0 Å². The van der Waals surface area contributed by atoms with E-state index >= 15 is 0 Å². The normalized spacial score (nSPS) is 22.1. The molecule has 0 radical (unpaired) electrons. The lowest BCUT2D eigenvalue weighted by molar-refractivity contribution is -0.118. The van der Waals surface area contributed by atoms with E-state index in [1.165, 1.54) is 0 Å². The number of allylic oxidation sites excluding steroid dienone is 1. The third kappa shape index (κ3) is 2.37. The van der Waals surface area contributed by atoms with Crippen molar-refractivity contribution < 1.29 is 4.79 Å². The Morgan fingerprint density at radius 2 is 1.50 bits per heavy atom. The highest BCUT2D eigenvalue weighted by Crippen LogP contribution is 2.30. The number of hydrogen-bond donors (Lipinski definition) is 1. The van der Waals surface area contributed by atoms with E-state index in [1.54, 1.807) is 6.08 Å². The molecule has 2 aromatic rings. The molecule has 1 heterocycles. The summed E-state index contributed by atoms with van der Waals surface area (Å²) >= 11 is 0. The Morgan fingerprint density at radius 1 is 0.900 bits per heavy atom. The smallest absolute Gasteiger partial charge is 0.162 e. The van der Waals surface area contributed by atoms with Crippen LogP contribution in [0.2, 0.25) is 0 Å². The van der Waals surface area contributed by atoms with Crippen LogP contribution in [0.3, 0.4) is 0 Å². The molecule has 0 fully saturated rings. The molecular weight excluding hydrogens is 246 g/mol. The first-order valence-corrected chi connectivity index (χ1v) is 6.88. The van der Waals surface area contributed by atoms with Crippen molar-refractivity contribution in [3.05, 3.63) is 77.9 Å². The molecule has 2 aromatic carbocycles. The van der Waals surface area contributed by atoms with Crippen LogP contribution >= 0.6 is 0 Å². The molecule has 1 aliphatic rings. The number of ketones is 1. The fourth-order valence-corrected chi connectivity index (χ4v) is 2.59. The van der Waals surface area contributed by atoms with Gasteiger partial charge >= 0.3 is 0 Å². The summed E-state index contributed by atoms with van der Waals surface area (Å²) in [6, 6.07) is 20.2. The predicted octanol–water partition coefficient (Wildman–Crippen LogP) is 3.58. The van der Waals surface area contributed by atoms with Gasteiger partial charge in [-0.25, -0.2) is 0 Å². The number of nitrogens with one attached hydrogen (secondary N) is 1. The Kier molecular flexibility index (Phi) is 3.38. The van der Waals surface area contributed by atoms with E-state index in [4.69, 9.17) is 0 Å². The van der Waals surface area contributed by atoms with Crippen LogP contribution in [0.15, 0.2) is 66.7 Å². The van der Waals surface area contributed by atoms with Crippen molar-refractivity contribution in [2.45, 2.75) is 13.0 Å². The second-order valence-electron chi connectivity index (χ2n) is 5.15. The first kappa shape index (κ1) is 12.7. The number of carbonyl (C=O) groups is 1. The topological polar surface area (TPSA) is 29.1 Å². The lowest BCUT2D eigenvalue weighted by Crippen LogP contribution is -2.34. The maximum atomic E-state index is 12.2. The van der Waals surface area contributed by atoms with Crippen LogP contribution in [0.25, 0.3) is 5.70 Å². The van der Waals surface area contributed by atoms with E-state index in [0.29, 0.717) is 0 Å². The van der Waals surface area contributed by atoms with E-state index in [1.807, 2.05) is 55.5 Å². The van der Waals surface area contributed by atoms with Gasteiger partial charge in [0.25, 0.3) is 0 Å². The van der Waals surface area contributed by atoms with Gasteiger partial charge in [0, 0.05) is 17.7 Å². The Labute approximate surface area is 119 Å². The Morgan fingerprint density at radius 3 is 2.15 bits per heavy atom. The van der Waals surface area contributed by atoms with Crippen molar-refractivity contribution in [2.24, 2.45) is 5.92 Å². The van der Waals surface area contributed by atoms with Crippen LogP contribution in [-0.2, 0) is 4.79 Å². The molecule has 20 heavy (non-hydrogen) atoms. The van der Waals surface area contributed by atoms with Crippen LogP contribution in [0, 0.1) is 5.92 Å². The molecule has 0 spiro atoms. The summed E-state index contributed by atoms with van der Waals surface area (Å²) in [6.07, 6.45) is 1.72. The summed E-state index contributed by atoms with van der Waals surface area (Å²) in [5.74, 6) is 0.126. The maximum absolute atomic E-state index is 12.2. The maximum Gasteiger partial charge on any atom is 0.162 e. The monoisotopic (exact) mass is 263 g/mol. The van der Waals surface area contributed by atoms with Gasteiger partial charge in [0.05, 0.1) is 6.04 Å². The Bertz CT molecular complexity index is 631. The van der Waals surface area contributed by atoms with Gasteiger partial charge in [-0.2, -0.15) is 0 Å². The first-order valence-electron chi connectivity index (χ1n) is 6.88. The van der Waals surface area contributed by atoms with Gasteiger partial charge in [-0.1, -0.05) is 67.6 Å². The Hall–Kier alpha value is -2.35. The van der Waals surface area contributed by atoms with Crippen LogP contribution in [0.5, 0.6) is 0 Å². The average molecular weight is 263 g/mol. The van der Waals surface area contributed by atoms with Crippen LogP contribution in [0.1, 0.15) is 24.1 Å². The SMILES string of the molecule is C[C@H]1C(=O)C=C(c2ccccc2)N[C@@H]1c1ccccc1. The van der Waals surface area contributed by atoms with Gasteiger partial charge in [0.1, 0.15) is 0 Å². The van der Waals surface area contributed by atoms with Crippen molar-refractivity contribution in [3.8, 4) is 0 Å². The van der Waals surface area contributed by atoms with Gasteiger partial charge in [0.15, 0.2) is 5.78 Å². The molecule has 100 valence electrons. The van der Waals surface area contributed by atoms with Crippen LogP contribution in [-0.4, -0.2) is 5.78 Å². The van der Waals surface area contributed by atoms with E-state index in [0.717, 1.165) is 16.8 Å². The van der Waals surface area contributed by atoms with E-state index in [9.17, 15) is 4.79 Å². The summed E-state index contributed by atoms with van der Waals surface area (Å²) < 4.78 is 0. The number of benzene rings is 2. The largest absolute Gasteiger partial charge is 0.377 e. The molecule has 0 saturated carbocycles. The highest BCUT2D eigenvalue weighted by atomic mass is 16.1. The highest BCUT2D eigenvalue weighted by molar-refractivity contribution is 6.00. The van der Waals surface area contributed by atoms with E-state index in [-0.39, 0.29) is 17.7 Å². The molecule has 0 bridgehead atoms. The fourth-order valence-electron chi connectivity index (χ4n) is 2.59. The lowest BCUT2D eigenvalue weighted by atomic mass is 9.87. The zero-order valence-corrected chi connectivity index (χ0v) is 11.4. The molecule has 2 heteroatoms. The molecule has 3 rings (SSSR count). The fraction of sp³-hybridized carbons (Fsp3) is 0.167. The minimum atomic E-state index is -0.0511. The average Bonchev–Trinajstić information content (AvgIpc) is 2.51. The molecule has 0 saturated heterocycles. The van der Waals surface area contributed by atoms with Gasteiger partial charge in [-0.15, -0.1) is 0 Å². The molecule has 0 amide bonds. The van der Waals surface area contributed by atoms with E-state index < -0.39 is 0 Å². The molecule has 0 unspecified atom stereocenters. The first-order chi connectivity index (χ1) is 9.75. The van der Waals surface area contributed by atoms with Crippen molar-refractivity contribution in [3.63, 3.8) is 0 Å². The summed E-state index contributed by atoms with van der Waals surface area (Å²) in [6.45, 7) is 1.98. The van der Waals surface area contributed by atoms with Crippen molar-refractivity contribution >= 4 is 11.5 Å². The molecule has 1 N–H and O–H groups in total. The summed E-state index contributed by atoms with van der Waals surface area (Å²) in [4.78, 5) is 12.2. The molecule has 0 aromatic heterocycles. The van der Waals surface area contributed by atoms with Gasteiger partial charge in [-0.05, 0) is 11.1 Å². The highest BCUT2D eigenvalue weighted by Gasteiger charge is 2.29. The lowest BCUT2D eigenvalue weighted by Gasteiger charge is -2.30. The quantitative estimate of drug-likeness (QED) is 0.897. The minimum absolute atomic E-state index is 0.0314. The second-order valence-corrected chi connectivity index (χ2v) is 5.15. The molecule has 0 aliphatic carbocycles. The Balaban J connectivity index is 1.96. The van der Waals surface area contributed by atoms with Crippen LogP contribution < -0.4 is 5.32 Å². The molecule has 2 nitrogen and oxygen atoms in total. The third-order valence-corrected chi connectivity index (χ3v) is 3.79. The van der Waals surface area contributed by atoms with Crippen molar-refractivity contribution in [2.75, 3.05) is 0 Å². The van der Waals surface area contributed by atoms with Crippen molar-refractivity contribution in [1.29, 1.82) is 0 Å². The summed E-state index contributed by atoms with van der Waals surface area (Å²) in [5.41, 5.74) is 3.10. The van der Waals surface area contributed by atoms with Gasteiger partial charge in [-0.3, -0.25) is 4.79 Å². The standard InChI is InChI=1S/C18H17NO/c1-13-17(20)12-16(14-8-4-2-5-9-14)19-18(13)15-10-6-3-7-11-15/h2-13,18-19H,1H3/t13-,18-/m0/s1. The van der Waals surface area contributed by atoms with Gasteiger partial charge < -0.3 is 5.32 Å². The molecule has 1 aliphatic heterocycles. The summed E-state index contributed by atoms with van der Waals surface area (Å²) in [5, 5.41) is 3.51. The summed E-state index contributed by atoms with van der Waals surface area (Å²) in [7, 11) is 0. The molecule has 2 atom stereocenters. The number of hydrogen-bond acceptors (Lipinski definition) is 2. The number of rotatable bonds is 2.